The van der Waals surface area contributed by atoms with Crippen molar-refractivity contribution >= 4 is 40.0 Å². The van der Waals surface area contributed by atoms with Gasteiger partial charge in [-0.05, 0) is 12.3 Å². The van der Waals surface area contributed by atoms with E-state index in [0.717, 1.165) is 12.1 Å². The molecule has 1 fully saturated rings. The number of aromatic nitrogens is 1. The summed E-state index contributed by atoms with van der Waals surface area (Å²) < 4.78 is 0. The highest BCUT2D eigenvalue weighted by Gasteiger charge is 2.39. The van der Waals surface area contributed by atoms with Crippen molar-refractivity contribution in [3.05, 3.63) is 11.1 Å². The van der Waals surface area contributed by atoms with Gasteiger partial charge in [0.15, 0.2) is 5.13 Å². The summed E-state index contributed by atoms with van der Waals surface area (Å²) in [6.45, 7) is 9.89. The molecule has 1 aliphatic heterocycles. The quantitative estimate of drug-likeness (QED) is 0.897. The SMILES string of the molecule is CCC(C)c1csc(NC(=O)C2CSCN2C(=O)C(C)(C)C)n1. The van der Waals surface area contributed by atoms with Crippen LogP contribution in [0.2, 0.25) is 0 Å². The van der Waals surface area contributed by atoms with Crippen LogP contribution in [0.1, 0.15) is 52.7 Å². The molecule has 7 heteroatoms. The molecule has 0 bridgehead atoms. The van der Waals surface area contributed by atoms with Gasteiger partial charge in [0.2, 0.25) is 11.8 Å². The summed E-state index contributed by atoms with van der Waals surface area (Å²) in [6, 6.07) is -0.414. The summed E-state index contributed by atoms with van der Waals surface area (Å²) >= 11 is 3.06. The zero-order valence-corrected chi connectivity index (χ0v) is 16.0. The zero-order chi connectivity index (χ0) is 17.2. The average Bonchev–Trinajstić information content (AvgIpc) is 3.13. The molecule has 5 nitrogen and oxygen atoms in total. The highest BCUT2D eigenvalue weighted by atomic mass is 32.2. The Balaban J connectivity index is 2.05. The Morgan fingerprint density at radius 1 is 1.48 bits per heavy atom. The maximum Gasteiger partial charge on any atom is 0.249 e. The minimum absolute atomic E-state index is 0.0158. The molecule has 0 aliphatic carbocycles. The van der Waals surface area contributed by atoms with Crippen LogP contribution in [0.4, 0.5) is 5.13 Å². The molecule has 1 aromatic heterocycles. The lowest BCUT2D eigenvalue weighted by molar-refractivity contribution is -0.143. The molecule has 1 saturated heterocycles. The van der Waals surface area contributed by atoms with Crippen LogP contribution in [-0.2, 0) is 9.59 Å². The Kier molecular flexibility index (Phi) is 5.73. The summed E-state index contributed by atoms with van der Waals surface area (Å²) in [6.07, 6.45) is 1.02. The van der Waals surface area contributed by atoms with Crippen molar-refractivity contribution in [1.29, 1.82) is 0 Å². The number of amides is 2. The predicted molar refractivity (Wildman–Crippen MR) is 96.9 cm³/mol. The van der Waals surface area contributed by atoms with E-state index in [1.807, 2.05) is 26.2 Å². The first-order valence-corrected chi connectivity index (χ1v) is 9.92. The molecule has 1 aromatic rings. The molecular formula is C16H25N3O2S2. The van der Waals surface area contributed by atoms with Crippen molar-refractivity contribution in [3.63, 3.8) is 0 Å². The predicted octanol–water partition coefficient (Wildman–Crippen LogP) is 3.54. The third kappa shape index (κ3) is 4.26. The van der Waals surface area contributed by atoms with Crippen molar-refractivity contribution in [2.24, 2.45) is 5.41 Å². The first kappa shape index (κ1) is 18.3. The van der Waals surface area contributed by atoms with Gasteiger partial charge in [-0.15, -0.1) is 23.1 Å². The second-order valence-corrected chi connectivity index (χ2v) is 8.77. The zero-order valence-electron chi connectivity index (χ0n) is 14.4. The third-order valence-corrected chi connectivity index (χ3v) is 5.74. The third-order valence-electron chi connectivity index (χ3n) is 3.96. The standard InChI is InChI=1S/C16H25N3O2S2/c1-6-10(2)11-7-23-15(17-11)18-13(20)12-8-22-9-19(12)14(21)16(3,4)5/h7,10,12H,6,8-9H2,1-5H3,(H,17,18,20). The molecule has 2 atom stereocenters. The van der Waals surface area contributed by atoms with Gasteiger partial charge >= 0.3 is 0 Å². The van der Waals surface area contributed by atoms with E-state index in [0.29, 0.717) is 22.7 Å². The van der Waals surface area contributed by atoms with Crippen molar-refractivity contribution in [2.45, 2.75) is 53.0 Å². The Bertz CT molecular complexity index is 580. The van der Waals surface area contributed by atoms with Gasteiger partial charge in [0.25, 0.3) is 0 Å². The largest absolute Gasteiger partial charge is 0.320 e. The van der Waals surface area contributed by atoms with Crippen molar-refractivity contribution in [1.82, 2.24) is 9.88 Å². The maximum absolute atomic E-state index is 12.6. The molecular weight excluding hydrogens is 330 g/mol. The lowest BCUT2D eigenvalue weighted by atomic mass is 9.94. The highest BCUT2D eigenvalue weighted by Crippen LogP contribution is 2.29. The Hall–Kier alpha value is -1.08. The van der Waals surface area contributed by atoms with Gasteiger partial charge in [-0.25, -0.2) is 4.98 Å². The number of thioether (sulfide) groups is 1. The molecule has 2 heterocycles. The van der Waals surface area contributed by atoms with Crippen LogP contribution < -0.4 is 5.32 Å². The molecule has 0 spiro atoms. The molecule has 0 saturated carbocycles. The number of hydrogen-bond acceptors (Lipinski definition) is 5. The molecule has 0 aromatic carbocycles. The van der Waals surface area contributed by atoms with Crippen LogP contribution in [0.25, 0.3) is 0 Å². The fourth-order valence-electron chi connectivity index (χ4n) is 2.26. The smallest absolute Gasteiger partial charge is 0.249 e. The summed E-state index contributed by atoms with van der Waals surface area (Å²) in [7, 11) is 0. The number of nitrogens with one attached hydrogen (secondary N) is 1. The Labute approximate surface area is 146 Å². The van der Waals surface area contributed by atoms with E-state index in [9.17, 15) is 9.59 Å². The molecule has 0 radical (unpaired) electrons. The maximum atomic E-state index is 12.6. The minimum atomic E-state index is -0.478. The van der Waals surface area contributed by atoms with Crippen LogP contribution in [-0.4, -0.2) is 39.4 Å². The van der Waals surface area contributed by atoms with Crippen LogP contribution in [0.15, 0.2) is 5.38 Å². The number of carbonyl (C=O) groups excluding carboxylic acids is 2. The molecule has 23 heavy (non-hydrogen) atoms. The fraction of sp³-hybridized carbons (Fsp3) is 0.688. The number of thiazole rings is 1. The molecule has 1 N–H and O–H groups in total. The lowest BCUT2D eigenvalue weighted by Crippen LogP contribution is -2.48. The summed E-state index contributed by atoms with van der Waals surface area (Å²) in [4.78, 5) is 31.2. The van der Waals surface area contributed by atoms with Gasteiger partial charge < -0.3 is 10.2 Å². The van der Waals surface area contributed by atoms with E-state index in [1.165, 1.54) is 11.3 Å². The number of hydrogen-bond donors (Lipinski definition) is 1. The average molecular weight is 356 g/mol. The number of rotatable bonds is 4. The van der Waals surface area contributed by atoms with Crippen molar-refractivity contribution in [2.75, 3.05) is 16.9 Å². The van der Waals surface area contributed by atoms with Gasteiger partial charge in [-0.3, -0.25) is 9.59 Å². The molecule has 2 rings (SSSR count). The number of anilines is 1. The van der Waals surface area contributed by atoms with Crippen LogP contribution >= 0.6 is 23.1 Å². The fourth-order valence-corrected chi connectivity index (χ4v) is 4.25. The van der Waals surface area contributed by atoms with Crippen LogP contribution in [0.3, 0.4) is 0 Å². The monoisotopic (exact) mass is 355 g/mol. The van der Waals surface area contributed by atoms with E-state index in [4.69, 9.17) is 0 Å². The van der Waals surface area contributed by atoms with Gasteiger partial charge in [-0.1, -0.05) is 34.6 Å². The Morgan fingerprint density at radius 2 is 2.17 bits per heavy atom. The molecule has 2 unspecified atom stereocenters. The number of nitrogens with zero attached hydrogens (tertiary/aromatic N) is 2. The highest BCUT2D eigenvalue weighted by molar-refractivity contribution is 7.99. The first-order chi connectivity index (χ1) is 10.7. The Morgan fingerprint density at radius 3 is 2.78 bits per heavy atom. The lowest BCUT2D eigenvalue weighted by Gasteiger charge is -2.29. The molecule has 128 valence electrons. The van der Waals surface area contributed by atoms with Gasteiger partial charge in [-0.2, -0.15) is 0 Å². The summed E-state index contributed by atoms with van der Waals surface area (Å²) in [5.41, 5.74) is 0.533. The van der Waals surface area contributed by atoms with E-state index in [1.54, 1.807) is 16.7 Å². The second kappa shape index (κ2) is 7.21. The van der Waals surface area contributed by atoms with E-state index in [2.05, 4.69) is 24.1 Å². The van der Waals surface area contributed by atoms with E-state index in [-0.39, 0.29) is 11.8 Å². The first-order valence-electron chi connectivity index (χ1n) is 7.89. The minimum Gasteiger partial charge on any atom is -0.320 e. The van der Waals surface area contributed by atoms with Crippen LogP contribution in [0.5, 0.6) is 0 Å². The summed E-state index contributed by atoms with van der Waals surface area (Å²) in [5.74, 6) is 1.47. The molecule has 1 aliphatic rings. The normalized spacial score (nSPS) is 19.7. The second-order valence-electron chi connectivity index (χ2n) is 6.92. The van der Waals surface area contributed by atoms with Crippen molar-refractivity contribution < 1.29 is 9.59 Å². The van der Waals surface area contributed by atoms with Crippen molar-refractivity contribution in [3.8, 4) is 0 Å². The van der Waals surface area contributed by atoms with Gasteiger partial charge in [0, 0.05) is 16.5 Å². The molecule has 2 amide bonds. The van der Waals surface area contributed by atoms with Gasteiger partial charge in [0.05, 0.1) is 11.6 Å². The van der Waals surface area contributed by atoms with Gasteiger partial charge in [0.1, 0.15) is 6.04 Å². The summed E-state index contributed by atoms with van der Waals surface area (Å²) in [5, 5.41) is 5.49. The number of carbonyl (C=O) groups is 2. The van der Waals surface area contributed by atoms with E-state index < -0.39 is 11.5 Å². The van der Waals surface area contributed by atoms with Crippen LogP contribution in [0, 0.1) is 5.41 Å². The topological polar surface area (TPSA) is 62.3 Å². The van der Waals surface area contributed by atoms with E-state index >= 15 is 0 Å².